The topological polar surface area (TPSA) is 111 Å². The monoisotopic (exact) mass is 654 g/mol. The van der Waals surface area contributed by atoms with Crippen molar-refractivity contribution >= 4 is 50.2 Å². The molecule has 0 bridgehead atoms. The fraction of sp³-hybridized carbons (Fsp3) is 0.147. The van der Waals surface area contributed by atoms with E-state index in [-0.39, 0.29) is 27.1 Å². The van der Waals surface area contributed by atoms with Gasteiger partial charge < -0.3 is 0 Å². The number of fused-ring (bicyclic) bond motifs is 1. The van der Waals surface area contributed by atoms with Crippen LogP contribution in [0.3, 0.4) is 0 Å². The molecule has 2 aromatic heterocycles. The van der Waals surface area contributed by atoms with Gasteiger partial charge in [0.15, 0.2) is 0 Å². The van der Waals surface area contributed by atoms with E-state index < -0.39 is 21.5 Å². The van der Waals surface area contributed by atoms with Crippen LogP contribution in [0, 0.1) is 20.8 Å². The van der Waals surface area contributed by atoms with Gasteiger partial charge in [0.25, 0.3) is 21.5 Å². The van der Waals surface area contributed by atoms with E-state index >= 15 is 0 Å². The molecule has 234 valence electrons. The number of sulfonamides is 1. The number of carbonyl (C=O) groups is 1. The van der Waals surface area contributed by atoms with Gasteiger partial charge in [0, 0.05) is 19.8 Å². The Morgan fingerprint density at radius 1 is 0.870 bits per heavy atom. The zero-order chi connectivity index (χ0) is 32.9. The Bertz CT molecular complexity index is 2310. The van der Waals surface area contributed by atoms with E-state index in [1.807, 2.05) is 66.9 Å². The molecule has 6 rings (SSSR count). The number of aryl methyl sites for hydroxylation is 2. The third kappa shape index (κ3) is 5.27. The third-order valence-corrected chi connectivity index (χ3v) is 10.1. The van der Waals surface area contributed by atoms with Crippen LogP contribution in [0.4, 0.5) is 11.6 Å². The summed E-state index contributed by atoms with van der Waals surface area (Å²) in [7, 11) is -1.30. The maximum Gasteiger partial charge on any atom is 0.296 e. The normalized spacial score (nSPS) is 11.6. The number of para-hydroxylation sites is 1. The fourth-order valence-corrected chi connectivity index (χ4v) is 6.91. The van der Waals surface area contributed by atoms with Crippen molar-refractivity contribution in [2.75, 3.05) is 16.7 Å². The summed E-state index contributed by atoms with van der Waals surface area (Å²) in [6.07, 6.45) is 0. The molecule has 0 unspecified atom stereocenters. The highest BCUT2D eigenvalue weighted by atomic mass is 35.5. The Morgan fingerprint density at radius 2 is 1.54 bits per heavy atom. The highest BCUT2D eigenvalue weighted by Gasteiger charge is 2.30. The summed E-state index contributed by atoms with van der Waals surface area (Å²) >= 11 is 6.47. The van der Waals surface area contributed by atoms with Crippen LogP contribution in [0.25, 0.3) is 22.4 Å². The first-order valence-electron chi connectivity index (χ1n) is 14.4. The summed E-state index contributed by atoms with van der Waals surface area (Å²) in [5.74, 6) is -0.398. The Balaban J connectivity index is 1.38. The number of carbonyl (C=O) groups excluding carboxylic acids is 1. The Morgan fingerprint density at radius 3 is 2.24 bits per heavy atom. The Kier molecular flexibility index (Phi) is 7.83. The average molecular weight is 655 g/mol. The molecule has 10 nitrogen and oxygen atoms in total. The van der Waals surface area contributed by atoms with Crippen molar-refractivity contribution in [3.05, 3.63) is 129 Å². The van der Waals surface area contributed by atoms with E-state index in [1.54, 1.807) is 42.9 Å². The highest BCUT2D eigenvalue weighted by molar-refractivity contribution is 7.92. The van der Waals surface area contributed by atoms with Crippen LogP contribution in [0.1, 0.15) is 27.2 Å². The van der Waals surface area contributed by atoms with Crippen molar-refractivity contribution in [3.8, 4) is 11.4 Å². The summed E-state index contributed by atoms with van der Waals surface area (Å²) in [5, 5.41) is 2.89. The maximum atomic E-state index is 13.9. The van der Waals surface area contributed by atoms with E-state index in [4.69, 9.17) is 11.6 Å². The second kappa shape index (κ2) is 11.7. The van der Waals surface area contributed by atoms with Crippen LogP contribution in [0.15, 0.2) is 101 Å². The molecule has 1 N–H and O–H groups in total. The molecule has 0 aliphatic rings. The van der Waals surface area contributed by atoms with Crippen LogP contribution in [-0.2, 0) is 17.1 Å². The van der Waals surface area contributed by atoms with Crippen LogP contribution in [0.2, 0.25) is 5.02 Å². The molecule has 1 amide bonds. The lowest BCUT2D eigenvalue weighted by molar-refractivity contribution is 0.102. The van der Waals surface area contributed by atoms with Gasteiger partial charge in [0.05, 0.1) is 37.9 Å². The second-order valence-electron chi connectivity index (χ2n) is 11.1. The molecule has 0 aliphatic heterocycles. The van der Waals surface area contributed by atoms with Crippen LogP contribution >= 0.6 is 11.6 Å². The summed E-state index contributed by atoms with van der Waals surface area (Å²) in [5.41, 5.74) is 4.78. The number of nitrogens with one attached hydrogen (secondary N) is 1. The smallest absolute Gasteiger partial charge is 0.291 e. The summed E-state index contributed by atoms with van der Waals surface area (Å²) in [4.78, 5) is 31.8. The highest BCUT2D eigenvalue weighted by Crippen LogP contribution is 2.29. The zero-order valence-corrected chi connectivity index (χ0v) is 27.4. The van der Waals surface area contributed by atoms with Gasteiger partial charge in [-0.2, -0.15) is 0 Å². The Hall–Kier alpha value is -5.13. The van der Waals surface area contributed by atoms with Gasteiger partial charge in [0.2, 0.25) is 5.95 Å². The minimum Gasteiger partial charge on any atom is -0.291 e. The number of nitrogens with zero attached hydrogens (tertiary/aromatic N) is 5. The van der Waals surface area contributed by atoms with Gasteiger partial charge in [-0.25, -0.2) is 18.1 Å². The number of anilines is 2. The van der Waals surface area contributed by atoms with E-state index in [9.17, 15) is 18.0 Å². The first-order valence-corrected chi connectivity index (χ1v) is 16.2. The minimum atomic E-state index is -4.30. The lowest BCUT2D eigenvalue weighted by Gasteiger charge is -2.19. The summed E-state index contributed by atoms with van der Waals surface area (Å²) in [6.45, 7) is 5.62. The number of amides is 1. The van der Waals surface area contributed by atoms with Gasteiger partial charge >= 0.3 is 0 Å². The zero-order valence-electron chi connectivity index (χ0n) is 25.8. The van der Waals surface area contributed by atoms with Crippen molar-refractivity contribution < 1.29 is 13.2 Å². The SMILES string of the molecule is Cc1ccc(-n2c(NC(=O)c3cc(S(=O)(=O)N(C)c4c(C)n(C)n(-c5ccccc5)c4=O)ccc3Cl)nc3cc(C)ccc32)cc1. The predicted molar refractivity (Wildman–Crippen MR) is 181 cm³/mol. The first-order chi connectivity index (χ1) is 21.9. The largest absolute Gasteiger partial charge is 0.296 e. The van der Waals surface area contributed by atoms with Crippen LogP contribution in [0.5, 0.6) is 0 Å². The molecule has 46 heavy (non-hydrogen) atoms. The molecule has 6 aromatic rings. The van der Waals surface area contributed by atoms with Gasteiger partial charge in [0.1, 0.15) is 5.69 Å². The first kappa shape index (κ1) is 30.9. The quantitative estimate of drug-likeness (QED) is 0.221. The number of aromatic nitrogens is 4. The molecule has 2 heterocycles. The standard InChI is InChI=1S/C34H31ClN6O4S/c1-21-11-14-24(15-12-21)40-30-18-13-22(2)19-29(30)36-34(40)37-32(42)27-20-26(16-17-28(27)35)46(44,45)39(5)31-23(3)38(4)41(33(31)43)25-9-7-6-8-10-25/h6-20H,1-5H3,(H,36,37,42). The van der Waals surface area contributed by atoms with Gasteiger partial charge in [-0.05, 0) is 80.9 Å². The van der Waals surface area contributed by atoms with E-state index in [0.717, 1.165) is 26.6 Å². The van der Waals surface area contributed by atoms with Crippen LogP contribution in [-0.4, -0.2) is 40.3 Å². The molecular formula is C34H31ClN6O4S. The average Bonchev–Trinajstić information content (AvgIpc) is 3.49. The molecule has 0 spiro atoms. The van der Waals surface area contributed by atoms with Crippen molar-refractivity contribution in [2.45, 2.75) is 25.7 Å². The summed E-state index contributed by atoms with van der Waals surface area (Å²) < 4.78 is 33.6. The van der Waals surface area contributed by atoms with Gasteiger partial charge in [-0.3, -0.25) is 28.5 Å². The lowest BCUT2D eigenvalue weighted by Crippen LogP contribution is -2.32. The second-order valence-corrected chi connectivity index (χ2v) is 13.5. The Labute approximate surface area is 271 Å². The number of hydrogen-bond acceptors (Lipinski definition) is 5. The van der Waals surface area contributed by atoms with Crippen molar-refractivity contribution in [3.63, 3.8) is 0 Å². The summed E-state index contributed by atoms with van der Waals surface area (Å²) in [6, 6.07) is 26.4. The molecule has 0 radical (unpaired) electrons. The van der Waals surface area contributed by atoms with E-state index in [1.165, 1.54) is 29.9 Å². The number of imidazole rings is 1. The van der Waals surface area contributed by atoms with Crippen molar-refractivity contribution in [1.82, 2.24) is 18.9 Å². The maximum absolute atomic E-state index is 13.9. The molecule has 4 aromatic carbocycles. The number of halogens is 1. The molecular weight excluding hydrogens is 624 g/mol. The van der Waals surface area contributed by atoms with Crippen molar-refractivity contribution in [2.24, 2.45) is 7.05 Å². The van der Waals surface area contributed by atoms with Crippen molar-refractivity contribution in [1.29, 1.82) is 0 Å². The fourth-order valence-electron chi connectivity index (χ4n) is 5.43. The molecule has 0 saturated carbocycles. The molecule has 0 saturated heterocycles. The third-order valence-electron chi connectivity index (χ3n) is 8.01. The number of hydrogen-bond donors (Lipinski definition) is 1. The van der Waals surface area contributed by atoms with Crippen LogP contribution < -0.4 is 15.2 Å². The van der Waals surface area contributed by atoms with Gasteiger partial charge in [-0.1, -0.05) is 53.6 Å². The lowest BCUT2D eigenvalue weighted by atomic mass is 10.2. The number of rotatable bonds is 7. The predicted octanol–water partition coefficient (Wildman–Crippen LogP) is 6.17. The van der Waals surface area contributed by atoms with E-state index in [0.29, 0.717) is 16.9 Å². The minimum absolute atomic E-state index is 0.0191. The molecule has 0 fully saturated rings. The van der Waals surface area contributed by atoms with E-state index in [2.05, 4.69) is 10.3 Å². The van der Waals surface area contributed by atoms with Gasteiger partial charge in [-0.15, -0.1) is 0 Å². The molecule has 12 heteroatoms. The molecule has 0 atom stereocenters. The molecule has 0 aliphatic carbocycles. The number of benzene rings is 4.